The number of hydrogen-bond acceptors (Lipinski definition) is 3. The van der Waals surface area contributed by atoms with Gasteiger partial charge in [-0.2, -0.15) is 0 Å². The van der Waals surface area contributed by atoms with Gasteiger partial charge in [-0.15, -0.1) is 0 Å². The van der Waals surface area contributed by atoms with Gasteiger partial charge in [0.1, 0.15) is 5.82 Å². The molecule has 0 saturated carbocycles. The Morgan fingerprint density at radius 1 is 1.14 bits per heavy atom. The van der Waals surface area contributed by atoms with Crippen molar-refractivity contribution < 1.29 is 8.91 Å². The molecule has 6 heteroatoms. The molecule has 0 fully saturated rings. The zero-order chi connectivity index (χ0) is 15.7. The van der Waals surface area contributed by atoms with E-state index in [1.165, 1.54) is 18.3 Å². The molecule has 3 aromatic rings. The quantitative estimate of drug-likeness (QED) is 0.629. The second-order valence-electron chi connectivity index (χ2n) is 4.84. The van der Waals surface area contributed by atoms with Crippen molar-refractivity contribution in [3.05, 3.63) is 68.0 Å². The number of halogens is 2. The molecule has 0 spiro atoms. The standard InChI is InChI=1S/C16H12FIN2O2/c1-9-6-11(18)3-5-14(9)20-15-7-10(17)2-4-12(15)13-8-19-22-16(13)21/h2-8,19-20H,1H3. The van der Waals surface area contributed by atoms with Crippen molar-refractivity contribution in [3.8, 4) is 11.1 Å². The second-order valence-corrected chi connectivity index (χ2v) is 6.09. The Labute approximate surface area is 139 Å². The van der Waals surface area contributed by atoms with Crippen molar-refractivity contribution >= 4 is 34.0 Å². The maximum Gasteiger partial charge on any atom is 0.365 e. The zero-order valence-electron chi connectivity index (χ0n) is 11.6. The monoisotopic (exact) mass is 410 g/mol. The van der Waals surface area contributed by atoms with Crippen LogP contribution in [0.1, 0.15) is 5.56 Å². The van der Waals surface area contributed by atoms with Gasteiger partial charge in [0.2, 0.25) is 0 Å². The Kier molecular flexibility index (Phi) is 4.02. The smallest absolute Gasteiger partial charge is 0.355 e. The third kappa shape index (κ3) is 2.92. The number of H-pyrrole nitrogens is 1. The van der Waals surface area contributed by atoms with Crippen molar-refractivity contribution in [3.63, 3.8) is 0 Å². The lowest BCUT2D eigenvalue weighted by atomic mass is 10.1. The summed E-state index contributed by atoms with van der Waals surface area (Å²) in [6.07, 6.45) is 1.46. The Morgan fingerprint density at radius 2 is 1.95 bits per heavy atom. The molecule has 0 amide bonds. The third-order valence-corrected chi connectivity index (χ3v) is 3.98. The normalized spacial score (nSPS) is 10.7. The van der Waals surface area contributed by atoms with Crippen LogP contribution in [0.2, 0.25) is 0 Å². The summed E-state index contributed by atoms with van der Waals surface area (Å²) < 4.78 is 19.4. The first kappa shape index (κ1) is 14.8. The lowest BCUT2D eigenvalue weighted by molar-refractivity contribution is 0.392. The molecule has 0 radical (unpaired) electrons. The van der Waals surface area contributed by atoms with Crippen LogP contribution in [0.5, 0.6) is 0 Å². The molecule has 1 aromatic heterocycles. The van der Waals surface area contributed by atoms with Crippen LogP contribution in [0.3, 0.4) is 0 Å². The van der Waals surface area contributed by atoms with E-state index < -0.39 is 5.63 Å². The molecule has 0 aliphatic rings. The van der Waals surface area contributed by atoms with Crippen LogP contribution in [0.4, 0.5) is 15.8 Å². The maximum absolute atomic E-state index is 13.6. The number of aryl methyl sites for hydroxylation is 1. The van der Waals surface area contributed by atoms with Gasteiger partial charge < -0.3 is 9.84 Å². The number of anilines is 2. The predicted octanol–water partition coefficient (Wildman–Crippen LogP) is 4.43. The second kappa shape index (κ2) is 5.96. The molecule has 0 atom stereocenters. The molecular formula is C16H12FIN2O2. The van der Waals surface area contributed by atoms with Gasteiger partial charge in [-0.1, -0.05) is 0 Å². The summed E-state index contributed by atoms with van der Waals surface area (Å²) >= 11 is 2.23. The van der Waals surface area contributed by atoms with E-state index in [-0.39, 0.29) is 5.82 Å². The SMILES string of the molecule is Cc1cc(I)ccc1Nc1cc(F)ccc1-c1c[nH]oc1=O. The molecule has 2 N–H and O–H groups in total. The summed E-state index contributed by atoms with van der Waals surface area (Å²) in [4.78, 5) is 11.7. The summed E-state index contributed by atoms with van der Waals surface area (Å²) in [5.41, 5.74) is 2.83. The van der Waals surface area contributed by atoms with Crippen LogP contribution in [-0.2, 0) is 0 Å². The Morgan fingerprint density at radius 3 is 2.64 bits per heavy atom. The van der Waals surface area contributed by atoms with Crippen molar-refractivity contribution in [1.29, 1.82) is 0 Å². The number of benzene rings is 2. The largest absolute Gasteiger partial charge is 0.365 e. The number of rotatable bonds is 3. The van der Waals surface area contributed by atoms with Gasteiger partial charge in [0, 0.05) is 20.5 Å². The van der Waals surface area contributed by atoms with Gasteiger partial charge in [-0.25, -0.2) is 14.3 Å². The predicted molar refractivity (Wildman–Crippen MR) is 91.9 cm³/mol. The van der Waals surface area contributed by atoms with Crippen molar-refractivity contribution in [2.45, 2.75) is 6.92 Å². The van der Waals surface area contributed by atoms with E-state index in [0.29, 0.717) is 16.8 Å². The van der Waals surface area contributed by atoms with Gasteiger partial charge >= 0.3 is 5.63 Å². The number of nitrogens with one attached hydrogen (secondary N) is 2. The van der Waals surface area contributed by atoms with E-state index >= 15 is 0 Å². The summed E-state index contributed by atoms with van der Waals surface area (Å²) in [7, 11) is 0. The fourth-order valence-electron chi connectivity index (χ4n) is 2.21. The highest BCUT2D eigenvalue weighted by Crippen LogP contribution is 2.30. The molecule has 0 aliphatic carbocycles. The Balaban J connectivity index is 2.08. The van der Waals surface area contributed by atoms with E-state index in [2.05, 4.69) is 33.1 Å². The molecule has 112 valence electrons. The first-order chi connectivity index (χ1) is 10.5. The third-order valence-electron chi connectivity index (χ3n) is 3.30. The molecule has 0 bridgehead atoms. The van der Waals surface area contributed by atoms with Crippen molar-refractivity contribution in [2.24, 2.45) is 0 Å². The van der Waals surface area contributed by atoms with E-state index in [9.17, 15) is 9.18 Å². The van der Waals surface area contributed by atoms with Crippen molar-refractivity contribution in [2.75, 3.05) is 5.32 Å². The van der Waals surface area contributed by atoms with Gasteiger partial charge in [-0.05, 0) is 71.5 Å². The summed E-state index contributed by atoms with van der Waals surface area (Å²) in [5, 5.41) is 5.60. The van der Waals surface area contributed by atoms with Crippen LogP contribution in [0, 0.1) is 16.3 Å². The summed E-state index contributed by atoms with van der Waals surface area (Å²) in [5.74, 6) is -0.380. The van der Waals surface area contributed by atoms with Crippen molar-refractivity contribution in [1.82, 2.24) is 5.16 Å². The fraction of sp³-hybridized carbons (Fsp3) is 0.0625. The molecule has 22 heavy (non-hydrogen) atoms. The Bertz CT molecular complexity index is 886. The first-order valence-electron chi connectivity index (χ1n) is 6.54. The van der Waals surface area contributed by atoms with Crippen LogP contribution in [-0.4, -0.2) is 5.16 Å². The minimum atomic E-state index is -0.492. The minimum Gasteiger partial charge on any atom is -0.355 e. The molecule has 3 rings (SSSR count). The van der Waals surface area contributed by atoms with E-state index in [0.717, 1.165) is 14.8 Å². The zero-order valence-corrected chi connectivity index (χ0v) is 13.8. The average Bonchev–Trinajstić information content (AvgIpc) is 2.88. The molecular weight excluding hydrogens is 398 g/mol. The molecule has 2 aromatic carbocycles. The van der Waals surface area contributed by atoms with E-state index in [1.54, 1.807) is 6.07 Å². The van der Waals surface area contributed by atoms with Gasteiger partial charge in [-0.3, -0.25) is 0 Å². The molecule has 4 nitrogen and oxygen atoms in total. The molecule has 1 heterocycles. The highest BCUT2D eigenvalue weighted by Gasteiger charge is 2.13. The number of aromatic nitrogens is 1. The Hall–Kier alpha value is -2.09. The molecule has 0 unspecified atom stereocenters. The van der Waals surface area contributed by atoms with Crippen LogP contribution in [0.25, 0.3) is 11.1 Å². The topological polar surface area (TPSA) is 58.0 Å². The molecule has 0 aliphatic heterocycles. The summed E-state index contributed by atoms with van der Waals surface area (Å²) in [6, 6.07) is 10.1. The summed E-state index contributed by atoms with van der Waals surface area (Å²) in [6.45, 7) is 1.97. The van der Waals surface area contributed by atoms with Gasteiger partial charge in [0.15, 0.2) is 0 Å². The minimum absolute atomic E-state index is 0.352. The first-order valence-corrected chi connectivity index (χ1v) is 7.62. The lowest BCUT2D eigenvalue weighted by Crippen LogP contribution is -2.01. The fourth-order valence-corrected chi connectivity index (χ4v) is 2.86. The van der Waals surface area contributed by atoms with E-state index in [1.807, 2.05) is 25.1 Å². The lowest BCUT2D eigenvalue weighted by Gasteiger charge is -2.13. The van der Waals surface area contributed by atoms with E-state index in [4.69, 9.17) is 4.52 Å². The maximum atomic E-state index is 13.6. The highest BCUT2D eigenvalue weighted by molar-refractivity contribution is 14.1. The number of aromatic amines is 1. The van der Waals surface area contributed by atoms with Gasteiger partial charge in [0.25, 0.3) is 0 Å². The van der Waals surface area contributed by atoms with Crippen LogP contribution in [0.15, 0.2) is 51.9 Å². The van der Waals surface area contributed by atoms with Crippen LogP contribution >= 0.6 is 22.6 Å². The number of hydrogen-bond donors (Lipinski definition) is 2. The van der Waals surface area contributed by atoms with Crippen LogP contribution < -0.4 is 10.9 Å². The average molecular weight is 410 g/mol. The highest BCUT2D eigenvalue weighted by atomic mass is 127. The van der Waals surface area contributed by atoms with Gasteiger partial charge in [0.05, 0.1) is 11.8 Å². The molecule has 0 saturated heterocycles.